The molecule has 0 aromatic heterocycles. The molecule has 108 valence electrons. The zero-order valence-electron chi connectivity index (χ0n) is 12.3. The predicted molar refractivity (Wildman–Crippen MR) is 75.1 cm³/mol. The van der Waals surface area contributed by atoms with Crippen LogP contribution in [0.2, 0.25) is 0 Å². The van der Waals surface area contributed by atoms with E-state index in [0.29, 0.717) is 5.92 Å². The van der Waals surface area contributed by atoms with Crippen LogP contribution in [0.5, 0.6) is 0 Å². The molecule has 4 N–H and O–H groups in total. The lowest BCUT2D eigenvalue weighted by molar-refractivity contribution is -0.125. The number of carbonyl (C=O) groups excluding carboxylic acids is 1. The Balaban J connectivity index is 3.97. The Morgan fingerprint density at radius 2 is 1.83 bits per heavy atom. The summed E-state index contributed by atoms with van der Waals surface area (Å²) in [5, 5.41) is 12.1. The molecule has 1 amide bonds. The van der Waals surface area contributed by atoms with Crippen LogP contribution in [-0.4, -0.2) is 29.7 Å². The van der Waals surface area contributed by atoms with Gasteiger partial charge in [0.05, 0.1) is 12.6 Å². The summed E-state index contributed by atoms with van der Waals surface area (Å²) in [6.07, 6.45) is 3.59. The summed E-state index contributed by atoms with van der Waals surface area (Å²) < 4.78 is 0. The van der Waals surface area contributed by atoms with Gasteiger partial charge >= 0.3 is 0 Å². The Labute approximate surface area is 111 Å². The van der Waals surface area contributed by atoms with Crippen molar-refractivity contribution < 1.29 is 9.90 Å². The van der Waals surface area contributed by atoms with E-state index in [1.807, 2.05) is 13.8 Å². The van der Waals surface area contributed by atoms with Crippen molar-refractivity contribution in [3.63, 3.8) is 0 Å². The molecule has 3 atom stereocenters. The molecule has 4 nitrogen and oxygen atoms in total. The Hall–Kier alpha value is -0.610. The maximum atomic E-state index is 11.9. The van der Waals surface area contributed by atoms with Gasteiger partial charge in [-0.05, 0) is 32.1 Å². The Morgan fingerprint density at radius 1 is 1.22 bits per heavy atom. The van der Waals surface area contributed by atoms with E-state index in [1.54, 1.807) is 0 Å². The third-order valence-electron chi connectivity index (χ3n) is 3.07. The molecule has 0 saturated carbocycles. The molecule has 3 unspecified atom stereocenters. The Kier molecular flexibility index (Phi) is 9.02. The number of rotatable bonds is 9. The first-order valence-corrected chi connectivity index (χ1v) is 7.03. The Bertz CT molecular complexity index is 230. The average molecular weight is 258 g/mol. The normalized spacial score (nSPS) is 16.4. The summed E-state index contributed by atoms with van der Waals surface area (Å²) in [7, 11) is 0. The van der Waals surface area contributed by atoms with Crippen LogP contribution in [0, 0.1) is 11.8 Å². The zero-order chi connectivity index (χ0) is 14.1. The van der Waals surface area contributed by atoms with E-state index in [2.05, 4.69) is 19.2 Å². The van der Waals surface area contributed by atoms with Gasteiger partial charge in [0.2, 0.25) is 5.91 Å². The van der Waals surface area contributed by atoms with Crippen molar-refractivity contribution in [2.75, 3.05) is 6.61 Å². The average Bonchev–Trinajstić information content (AvgIpc) is 2.26. The van der Waals surface area contributed by atoms with Gasteiger partial charge in [-0.2, -0.15) is 0 Å². The van der Waals surface area contributed by atoms with Crippen molar-refractivity contribution >= 4 is 5.91 Å². The highest BCUT2D eigenvalue weighted by Crippen LogP contribution is 2.11. The van der Waals surface area contributed by atoms with Crippen LogP contribution in [0.3, 0.4) is 0 Å². The number of nitrogens with two attached hydrogens (primary N) is 1. The van der Waals surface area contributed by atoms with Gasteiger partial charge in [0.25, 0.3) is 0 Å². The van der Waals surface area contributed by atoms with Gasteiger partial charge in [0, 0.05) is 12.0 Å². The molecule has 0 aliphatic rings. The SMILES string of the molecule is CC(C)CC(CO)NC(=O)C(C)CCCC(C)N. The second kappa shape index (κ2) is 9.34. The van der Waals surface area contributed by atoms with Crippen molar-refractivity contribution in [2.45, 2.75) is 65.5 Å². The number of amides is 1. The lowest BCUT2D eigenvalue weighted by Gasteiger charge is -2.21. The van der Waals surface area contributed by atoms with Crippen LogP contribution in [-0.2, 0) is 4.79 Å². The van der Waals surface area contributed by atoms with Crippen LogP contribution in [0.4, 0.5) is 0 Å². The molecule has 0 fully saturated rings. The fourth-order valence-corrected chi connectivity index (χ4v) is 1.97. The quantitative estimate of drug-likeness (QED) is 0.589. The number of hydrogen-bond donors (Lipinski definition) is 3. The summed E-state index contributed by atoms with van der Waals surface area (Å²) >= 11 is 0. The summed E-state index contributed by atoms with van der Waals surface area (Å²) in [4.78, 5) is 11.9. The molecular weight excluding hydrogens is 228 g/mol. The number of carbonyl (C=O) groups is 1. The molecule has 0 aliphatic heterocycles. The van der Waals surface area contributed by atoms with Crippen molar-refractivity contribution in [3.05, 3.63) is 0 Å². The minimum absolute atomic E-state index is 0.00929. The number of aliphatic hydroxyl groups excluding tert-OH is 1. The Morgan fingerprint density at radius 3 is 2.28 bits per heavy atom. The van der Waals surface area contributed by atoms with Gasteiger partial charge in [0.15, 0.2) is 0 Å². The fraction of sp³-hybridized carbons (Fsp3) is 0.929. The molecule has 0 aromatic carbocycles. The topological polar surface area (TPSA) is 75.3 Å². The van der Waals surface area contributed by atoms with Gasteiger partial charge in [-0.15, -0.1) is 0 Å². The first-order valence-electron chi connectivity index (χ1n) is 7.03. The molecule has 0 aromatic rings. The number of hydrogen-bond acceptors (Lipinski definition) is 3. The highest BCUT2D eigenvalue weighted by Gasteiger charge is 2.17. The van der Waals surface area contributed by atoms with Crippen molar-refractivity contribution in [1.82, 2.24) is 5.32 Å². The van der Waals surface area contributed by atoms with E-state index in [4.69, 9.17) is 5.73 Å². The van der Waals surface area contributed by atoms with Crippen LogP contribution >= 0.6 is 0 Å². The molecule has 4 heteroatoms. The summed E-state index contributed by atoms with van der Waals surface area (Å²) in [6.45, 7) is 8.09. The maximum absolute atomic E-state index is 11.9. The first kappa shape index (κ1) is 17.4. The maximum Gasteiger partial charge on any atom is 0.223 e. The van der Waals surface area contributed by atoms with Crippen molar-refractivity contribution in [2.24, 2.45) is 17.6 Å². The van der Waals surface area contributed by atoms with Gasteiger partial charge in [-0.25, -0.2) is 0 Å². The molecule has 0 rings (SSSR count). The van der Waals surface area contributed by atoms with Gasteiger partial charge in [0.1, 0.15) is 0 Å². The van der Waals surface area contributed by atoms with Crippen LogP contribution < -0.4 is 11.1 Å². The minimum atomic E-state index is -0.117. The molecule has 0 aliphatic carbocycles. The fourth-order valence-electron chi connectivity index (χ4n) is 1.97. The monoisotopic (exact) mass is 258 g/mol. The third kappa shape index (κ3) is 8.48. The summed E-state index contributed by atoms with van der Waals surface area (Å²) in [5.74, 6) is 0.500. The highest BCUT2D eigenvalue weighted by atomic mass is 16.3. The number of nitrogens with one attached hydrogen (secondary N) is 1. The van der Waals surface area contributed by atoms with Crippen LogP contribution in [0.25, 0.3) is 0 Å². The van der Waals surface area contributed by atoms with E-state index in [0.717, 1.165) is 25.7 Å². The molecular formula is C14H30N2O2. The standard InChI is InChI=1S/C14H30N2O2/c1-10(2)8-13(9-17)16-14(18)11(3)6-5-7-12(4)15/h10-13,17H,5-9,15H2,1-4H3,(H,16,18). The van der Waals surface area contributed by atoms with E-state index in [-0.39, 0.29) is 30.5 Å². The van der Waals surface area contributed by atoms with Gasteiger partial charge in [-0.3, -0.25) is 4.79 Å². The largest absolute Gasteiger partial charge is 0.394 e. The lowest BCUT2D eigenvalue weighted by atomic mass is 9.99. The number of aliphatic hydroxyl groups is 1. The first-order chi connectivity index (χ1) is 8.36. The van der Waals surface area contributed by atoms with Gasteiger partial charge in [-0.1, -0.05) is 27.2 Å². The van der Waals surface area contributed by atoms with Gasteiger partial charge < -0.3 is 16.2 Å². The molecule has 0 heterocycles. The molecule has 0 radical (unpaired) electrons. The molecule has 18 heavy (non-hydrogen) atoms. The van der Waals surface area contributed by atoms with E-state index in [1.165, 1.54) is 0 Å². The lowest BCUT2D eigenvalue weighted by Crippen LogP contribution is -2.41. The van der Waals surface area contributed by atoms with E-state index >= 15 is 0 Å². The summed E-state index contributed by atoms with van der Waals surface area (Å²) in [5.41, 5.74) is 5.68. The predicted octanol–water partition coefficient (Wildman–Crippen LogP) is 1.66. The summed E-state index contributed by atoms with van der Waals surface area (Å²) in [6, 6.07) is 0.0831. The van der Waals surface area contributed by atoms with Crippen LogP contribution in [0.1, 0.15) is 53.4 Å². The molecule has 0 spiro atoms. The second-order valence-electron chi connectivity index (χ2n) is 5.83. The van der Waals surface area contributed by atoms with Crippen molar-refractivity contribution in [1.29, 1.82) is 0 Å². The third-order valence-corrected chi connectivity index (χ3v) is 3.07. The zero-order valence-corrected chi connectivity index (χ0v) is 12.3. The second-order valence-corrected chi connectivity index (χ2v) is 5.83. The highest BCUT2D eigenvalue weighted by molar-refractivity contribution is 5.78. The van der Waals surface area contributed by atoms with Crippen molar-refractivity contribution in [3.8, 4) is 0 Å². The van der Waals surface area contributed by atoms with Crippen LogP contribution in [0.15, 0.2) is 0 Å². The van der Waals surface area contributed by atoms with E-state index < -0.39 is 0 Å². The molecule has 0 saturated heterocycles. The smallest absolute Gasteiger partial charge is 0.223 e. The van der Waals surface area contributed by atoms with E-state index in [9.17, 15) is 9.90 Å². The molecule has 0 bridgehead atoms. The minimum Gasteiger partial charge on any atom is -0.394 e.